The molecule has 1 aromatic rings. The molecule has 0 bridgehead atoms. The van der Waals surface area contributed by atoms with E-state index in [1.54, 1.807) is 7.11 Å². The number of rotatable bonds is 4. The molecule has 0 amide bonds. The van der Waals surface area contributed by atoms with Gasteiger partial charge in [0.1, 0.15) is 11.6 Å². The minimum absolute atomic E-state index is 0.146. The number of nitrogens with zero attached hydrogens (tertiary/aromatic N) is 1. The molecule has 0 saturated carbocycles. The van der Waals surface area contributed by atoms with Crippen LogP contribution >= 0.6 is 0 Å². The van der Waals surface area contributed by atoms with Crippen LogP contribution < -0.4 is 16.6 Å². The molecule has 0 saturated heterocycles. The fraction of sp³-hybridized carbons (Fsp3) is 0.364. The molecule has 100 valence electrons. The average Bonchev–Trinajstić information content (AvgIpc) is 2.27. The minimum Gasteiger partial charge on any atom is -0.382 e. The van der Waals surface area contributed by atoms with Crippen molar-refractivity contribution in [1.29, 1.82) is 0 Å². The summed E-state index contributed by atoms with van der Waals surface area (Å²) in [6, 6.07) is 2.91. The van der Waals surface area contributed by atoms with Gasteiger partial charge in [-0.2, -0.15) is 0 Å². The lowest BCUT2D eigenvalue weighted by atomic mass is 10.3. The molecule has 0 heterocycles. The van der Waals surface area contributed by atoms with E-state index < -0.39 is 11.6 Å². The standard InChI is InChI=1S/C11H16F2N4O/c1-7(6-18-2)15-11(17-14)16-10-4-8(12)3-9(13)5-10/h3-5,7H,6,14H2,1-2H3,(H2,15,16,17). The van der Waals surface area contributed by atoms with Gasteiger partial charge >= 0.3 is 0 Å². The number of nitrogens with two attached hydrogens (primary N) is 1. The maximum atomic E-state index is 13.0. The number of hydrogen-bond donors (Lipinski definition) is 3. The molecule has 1 rings (SSSR count). The van der Waals surface area contributed by atoms with Crippen LogP contribution in [0.4, 0.5) is 14.5 Å². The summed E-state index contributed by atoms with van der Waals surface area (Å²) < 4.78 is 30.9. The lowest BCUT2D eigenvalue weighted by Crippen LogP contribution is -2.37. The summed E-state index contributed by atoms with van der Waals surface area (Å²) in [6.07, 6.45) is 0. The zero-order valence-electron chi connectivity index (χ0n) is 10.2. The fourth-order valence-corrected chi connectivity index (χ4v) is 1.37. The van der Waals surface area contributed by atoms with Gasteiger partial charge in [0.2, 0.25) is 5.96 Å². The summed E-state index contributed by atoms with van der Waals surface area (Å²) in [6.45, 7) is 2.22. The van der Waals surface area contributed by atoms with Crippen LogP contribution in [0.3, 0.4) is 0 Å². The second-order valence-corrected chi connectivity index (χ2v) is 3.71. The number of methoxy groups -OCH3 is 1. The van der Waals surface area contributed by atoms with Gasteiger partial charge < -0.3 is 10.1 Å². The topological polar surface area (TPSA) is 71.7 Å². The van der Waals surface area contributed by atoms with Gasteiger partial charge in [0.25, 0.3) is 0 Å². The number of hydrazine groups is 1. The average molecular weight is 258 g/mol. The largest absolute Gasteiger partial charge is 0.382 e. The van der Waals surface area contributed by atoms with Crippen molar-refractivity contribution in [3.8, 4) is 0 Å². The third-order valence-corrected chi connectivity index (χ3v) is 2.02. The zero-order chi connectivity index (χ0) is 13.5. The van der Waals surface area contributed by atoms with Crippen molar-refractivity contribution in [2.75, 3.05) is 19.0 Å². The van der Waals surface area contributed by atoms with Crippen LogP contribution in [-0.2, 0) is 4.74 Å². The zero-order valence-corrected chi connectivity index (χ0v) is 10.2. The highest BCUT2D eigenvalue weighted by Gasteiger charge is 2.05. The number of anilines is 1. The molecular formula is C11H16F2N4O. The van der Waals surface area contributed by atoms with Crippen molar-refractivity contribution in [2.45, 2.75) is 13.0 Å². The highest BCUT2D eigenvalue weighted by atomic mass is 19.1. The first kappa shape index (κ1) is 14.3. The lowest BCUT2D eigenvalue weighted by Gasteiger charge is -2.12. The van der Waals surface area contributed by atoms with E-state index >= 15 is 0 Å². The Morgan fingerprint density at radius 2 is 2.00 bits per heavy atom. The van der Waals surface area contributed by atoms with E-state index in [0.29, 0.717) is 6.61 Å². The van der Waals surface area contributed by atoms with Crippen molar-refractivity contribution in [3.05, 3.63) is 29.8 Å². The van der Waals surface area contributed by atoms with E-state index in [9.17, 15) is 8.78 Å². The smallest absolute Gasteiger partial charge is 0.210 e. The highest BCUT2D eigenvalue weighted by molar-refractivity contribution is 5.93. The van der Waals surface area contributed by atoms with Crippen LogP contribution in [0.15, 0.2) is 23.2 Å². The number of aliphatic imine (C=N–C) groups is 1. The Labute approximate surface area is 104 Å². The Kier molecular flexibility index (Phi) is 5.47. The Balaban J connectivity index is 2.79. The van der Waals surface area contributed by atoms with Crippen molar-refractivity contribution in [2.24, 2.45) is 10.8 Å². The van der Waals surface area contributed by atoms with Gasteiger partial charge in [0.15, 0.2) is 0 Å². The molecule has 0 aromatic heterocycles. The van der Waals surface area contributed by atoms with E-state index in [-0.39, 0.29) is 17.7 Å². The Bertz CT molecular complexity index is 405. The highest BCUT2D eigenvalue weighted by Crippen LogP contribution is 2.12. The van der Waals surface area contributed by atoms with E-state index in [1.165, 1.54) is 0 Å². The summed E-state index contributed by atoms with van der Waals surface area (Å²) in [4.78, 5) is 4.14. The maximum Gasteiger partial charge on any atom is 0.210 e. The Morgan fingerprint density at radius 3 is 2.50 bits per heavy atom. The van der Waals surface area contributed by atoms with Crippen LogP contribution in [-0.4, -0.2) is 25.7 Å². The van der Waals surface area contributed by atoms with Gasteiger partial charge in [-0.05, 0) is 19.1 Å². The second-order valence-electron chi connectivity index (χ2n) is 3.71. The molecule has 0 radical (unpaired) electrons. The van der Waals surface area contributed by atoms with E-state index in [2.05, 4.69) is 15.7 Å². The number of benzene rings is 1. The molecule has 4 N–H and O–H groups in total. The normalized spacial score (nSPS) is 13.3. The van der Waals surface area contributed by atoms with Crippen molar-refractivity contribution in [1.82, 2.24) is 5.43 Å². The number of hydrogen-bond acceptors (Lipinski definition) is 3. The van der Waals surface area contributed by atoms with Gasteiger partial charge in [0, 0.05) is 18.9 Å². The molecule has 1 unspecified atom stereocenters. The van der Waals surface area contributed by atoms with E-state index in [4.69, 9.17) is 10.6 Å². The number of halogens is 2. The van der Waals surface area contributed by atoms with Crippen molar-refractivity contribution >= 4 is 11.6 Å². The third kappa shape index (κ3) is 4.64. The molecule has 1 aromatic carbocycles. The van der Waals surface area contributed by atoms with E-state index in [1.807, 2.05) is 6.92 Å². The summed E-state index contributed by atoms with van der Waals surface area (Å²) in [7, 11) is 1.55. The molecule has 0 aliphatic heterocycles. The molecular weight excluding hydrogens is 242 g/mol. The van der Waals surface area contributed by atoms with Gasteiger partial charge in [-0.25, -0.2) is 19.6 Å². The fourth-order valence-electron chi connectivity index (χ4n) is 1.37. The van der Waals surface area contributed by atoms with Gasteiger partial charge in [-0.15, -0.1) is 0 Å². The Morgan fingerprint density at radius 1 is 1.39 bits per heavy atom. The Hall–Kier alpha value is -1.73. The predicted octanol–water partition coefficient (Wildman–Crippen LogP) is 1.23. The number of guanidine groups is 1. The predicted molar refractivity (Wildman–Crippen MR) is 66.1 cm³/mol. The quantitative estimate of drug-likeness (QED) is 0.329. The first-order valence-electron chi connectivity index (χ1n) is 5.31. The first-order valence-corrected chi connectivity index (χ1v) is 5.31. The van der Waals surface area contributed by atoms with Gasteiger partial charge in [-0.3, -0.25) is 5.43 Å². The molecule has 5 nitrogen and oxygen atoms in total. The number of ether oxygens (including phenoxy) is 1. The van der Waals surface area contributed by atoms with Crippen LogP contribution in [0.1, 0.15) is 6.92 Å². The maximum absolute atomic E-state index is 13.0. The van der Waals surface area contributed by atoms with Gasteiger partial charge in [-0.1, -0.05) is 0 Å². The molecule has 0 aliphatic carbocycles. The second kappa shape index (κ2) is 6.87. The lowest BCUT2D eigenvalue weighted by molar-refractivity contribution is 0.185. The van der Waals surface area contributed by atoms with Gasteiger partial charge in [0.05, 0.1) is 12.6 Å². The van der Waals surface area contributed by atoms with Crippen LogP contribution in [0.5, 0.6) is 0 Å². The minimum atomic E-state index is -0.682. The number of nitrogens with one attached hydrogen (secondary N) is 2. The summed E-state index contributed by atoms with van der Waals surface area (Å²) in [5, 5.41) is 2.68. The van der Waals surface area contributed by atoms with Crippen molar-refractivity contribution < 1.29 is 13.5 Å². The summed E-state index contributed by atoms with van der Waals surface area (Å²) in [5.41, 5.74) is 2.53. The molecule has 7 heteroatoms. The summed E-state index contributed by atoms with van der Waals surface area (Å²) in [5.74, 6) is 4.10. The van der Waals surface area contributed by atoms with E-state index in [0.717, 1.165) is 18.2 Å². The van der Waals surface area contributed by atoms with Crippen LogP contribution in [0.2, 0.25) is 0 Å². The molecule has 0 aliphatic rings. The van der Waals surface area contributed by atoms with Crippen LogP contribution in [0, 0.1) is 11.6 Å². The third-order valence-electron chi connectivity index (χ3n) is 2.02. The molecule has 18 heavy (non-hydrogen) atoms. The SMILES string of the molecule is COCC(C)N=C(NN)Nc1cc(F)cc(F)c1. The van der Waals surface area contributed by atoms with Crippen molar-refractivity contribution in [3.63, 3.8) is 0 Å². The van der Waals surface area contributed by atoms with Crippen LogP contribution in [0.25, 0.3) is 0 Å². The summed E-state index contributed by atoms with van der Waals surface area (Å²) >= 11 is 0. The molecule has 1 atom stereocenters. The molecule has 0 spiro atoms. The first-order chi connectivity index (χ1) is 8.55. The molecule has 0 fully saturated rings. The monoisotopic (exact) mass is 258 g/mol.